The summed E-state index contributed by atoms with van der Waals surface area (Å²) in [6.45, 7) is 2.81. The molecule has 0 spiro atoms. The summed E-state index contributed by atoms with van der Waals surface area (Å²) in [6.07, 6.45) is 4.90. The molecule has 0 saturated heterocycles. The van der Waals surface area contributed by atoms with E-state index in [4.69, 9.17) is 10.5 Å². The van der Waals surface area contributed by atoms with Gasteiger partial charge in [0.1, 0.15) is 11.9 Å². The number of rotatable bonds is 5. The van der Waals surface area contributed by atoms with Crippen molar-refractivity contribution in [1.82, 2.24) is 15.0 Å². The molecule has 2 N–H and O–H groups in total. The quantitative estimate of drug-likeness (QED) is 0.900. The number of halogens is 1. The Labute approximate surface area is 132 Å². The molecule has 2 aromatic rings. The monoisotopic (exact) mass is 350 g/mol. The van der Waals surface area contributed by atoms with Gasteiger partial charge in [0.15, 0.2) is 0 Å². The second-order valence-electron chi connectivity index (χ2n) is 5.46. The van der Waals surface area contributed by atoms with Gasteiger partial charge in [0.25, 0.3) is 0 Å². The third-order valence-electron chi connectivity index (χ3n) is 3.69. The number of ether oxygens (including phenoxy) is 1. The molecule has 0 radical (unpaired) electrons. The lowest BCUT2D eigenvalue weighted by molar-refractivity contribution is 0.202. The Morgan fingerprint density at radius 3 is 3.19 bits per heavy atom. The highest BCUT2D eigenvalue weighted by Crippen LogP contribution is 2.31. The number of fused-ring (bicyclic) bond motifs is 1. The number of hydrogen-bond donors (Lipinski definition) is 1. The van der Waals surface area contributed by atoms with Crippen LogP contribution in [-0.4, -0.2) is 21.1 Å². The topological polar surface area (TPSA) is 66.0 Å². The number of benzene rings is 1. The summed E-state index contributed by atoms with van der Waals surface area (Å²) >= 11 is 3.49. The van der Waals surface area contributed by atoms with Gasteiger partial charge in [-0.2, -0.15) is 0 Å². The SMILES string of the molecule is CCCC(N)c1cn(CC2Cc3cc(Br)ccc3O2)nn1. The van der Waals surface area contributed by atoms with Gasteiger partial charge < -0.3 is 10.5 Å². The average molecular weight is 351 g/mol. The first-order chi connectivity index (χ1) is 10.2. The molecule has 0 saturated carbocycles. The van der Waals surface area contributed by atoms with E-state index in [2.05, 4.69) is 39.2 Å². The molecule has 2 atom stereocenters. The normalized spacial score (nSPS) is 18.3. The van der Waals surface area contributed by atoms with Crippen LogP contribution in [0, 0.1) is 0 Å². The van der Waals surface area contributed by atoms with Crippen molar-refractivity contribution in [3.63, 3.8) is 0 Å². The Morgan fingerprint density at radius 2 is 2.38 bits per heavy atom. The smallest absolute Gasteiger partial charge is 0.123 e. The van der Waals surface area contributed by atoms with Crippen molar-refractivity contribution in [1.29, 1.82) is 0 Å². The maximum atomic E-state index is 6.06. The Hall–Kier alpha value is -1.40. The van der Waals surface area contributed by atoms with E-state index >= 15 is 0 Å². The summed E-state index contributed by atoms with van der Waals surface area (Å²) in [4.78, 5) is 0. The van der Waals surface area contributed by atoms with Gasteiger partial charge in [0, 0.05) is 10.9 Å². The molecule has 0 fully saturated rings. The number of aromatic nitrogens is 3. The van der Waals surface area contributed by atoms with Crippen LogP contribution in [0.15, 0.2) is 28.9 Å². The fourth-order valence-electron chi connectivity index (χ4n) is 2.63. The van der Waals surface area contributed by atoms with Gasteiger partial charge >= 0.3 is 0 Å². The van der Waals surface area contributed by atoms with Crippen molar-refractivity contribution in [2.24, 2.45) is 5.73 Å². The molecule has 1 aromatic carbocycles. The molecule has 1 aliphatic rings. The van der Waals surface area contributed by atoms with Crippen molar-refractivity contribution >= 4 is 15.9 Å². The lowest BCUT2D eigenvalue weighted by Gasteiger charge is -2.10. The second-order valence-corrected chi connectivity index (χ2v) is 6.37. The molecular formula is C15H19BrN4O. The zero-order chi connectivity index (χ0) is 14.8. The summed E-state index contributed by atoms with van der Waals surface area (Å²) < 4.78 is 8.85. The van der Waals surface area contributed by atoms with E-state index in [9.17, 15) is 0 Å². The Kier molecular flexibility index (Phi) is 4.26. The van der Waals surface area contributed by atoms with E-state index in [1.165, 1.54) is 5.56 Å². The predicted octanol–water partition coefficient (Wildman–Crippen LogP) is 2.84. The standard InChI is InChI=1S/C15H19BrN4O/c1-2-3-13(17)14-9-20(19-18-14)8-12-7-10-6-11(16)4-5-15(10)21-12/h4-6,9,12-13H,2-3,7-8,17H2,1H3. The van der Waals surface area contributed by atoms with Crippen LogP contribution in [0.3, 0.4) is 0 Å². The van der Waals surface area contributed by atoms with E-state index in [-0.39, 0.29) is 12.1 Å². The lowest BCUT2D eigenvalue weighted by atomic mass is 10.1. The van der Waals surface area contributed by atoms with Gasteiger partial charge in [-0.3, -0.25) is 0 Å². The molecular weight excluding hydrogens is 332 g/mol. The van der Waals surface area contributed by atoms with Crippen LogP contribution in [0.1, 0.15) is 37.1 Å². The largest absolute Gasteiger partial charge is 0.488 e. The minimum atomic E-state index is -0.0265. The number of nitrogens with two attached hydrogens (primary N) is 1. The molecule has 2 unspecified atom stereocenters. The highest BCUT2D eigenvalue weighted by molar-refractivity contribution is 9.10. The first-order valence-corrected chi connectivity index (χ1v) is 8.05. The van der Waals surface area contributed by atoms with Gasteiger partial charge in [0.05, 0.1) is 24.5 Å². The van der Waals surface area contributed by atoms with E-state index < -0.39 is 0 Å². The Morgan fingerprint density at radius 1 is 1.52 bits per heavy atom. The molecule has 6 heteroatoms. The molecule has 2 heterocycles. The third-order valence-corrected chi connectivity index (χ3v) is 4.18. The van der Waals surface area contributed by atoms with Crippen LogP contribution >= 0.6 is 15.9 Å². The van der Waals surface area contributed by atoms with Crippen molar-refractivity contribution < 1.29 is 4.74 Å². The zero-order valence-electron chi connectivity index (χ0n) is 12.0. The maximum absolute atomic E-state index is 6.06. The van der Waals surface area contributed by atoms with Gasteiger partial charge in [-0.25, -0.2) is 4.68 Å². The highest BCUT2D eigenvalue weighted by Gasteiger charge is 2.24. The third kappa shape index (κ3) is 3.27. The minimum absolute atomic E-state index is 0.0265. The van der Waals surface area contributed by atoms with Crippen molar-refractivity contribution in [3.8, 4) is 5.75 Å². The number of hydrogen-bond acceptors (Lipinski definition) is 4. The highest BCUT2D eigenvalue weighted by atomic mass is 79.9. The van der Waals surface area contributed by atoms with E-state index in [0.717, 1.165) is 35.2 Å². The van der Waals surface area contributed by atoms with Gasteiger partial charge in [0.2, 0.25) is 0 Å². The fraction of sp³-hybridized carbons (Fsp3) is 0.467. The molecule has 0 aliphatic carbocycles. The molecule has 1 aliphatic heterocycles. The minimum Gasteiger partial charge on any atom is -0.488 e. The first-order valence-electron chi connectivity index (χ1n) is 7.26. The van der Waals surface area contributed by atoms with Crippen LogP contribution < -0.4 is 10.5 Å². The Balaban J connectivity index is 1.64. The van der Waals surface area contributed by atoms with Crippen molar-refractivity contribution in [3.05, 3.63) is 40.1 Å². The average Bonchev–Trinajstić information content (AvgIpc) is 3.05. The summed E-state index contributed by atoms with van der Waals surface area (Å²) in [7, 11) is 0. The summed E-state index contributed by atoms with van der Waals surface area (Å²) in [5, 5.41) is 8.33. The first kappa shape index (κ1) is 14.5. The van der Waals surface area contributed by atoms with E-state index in [1.54, 1.807) is 0 Å². The van der Waals surface area contributed by atoms with Gasteiger partial charge in [-0.1, -0.05) is 34.5 Å². The molecule has 112 valence electrons. The second kappa shape index (κ2) is 6.15. The van der Waals surface area contributed by atoms with Crippen molar-refractivity contribution in [2.75, 3.05) is 0 Å². The lowest BCUT2D eigenvalue weighted by Crippen LogP contribution is -2.21. The molecule has 21 heavy (non-hydrogen) atoms. The molecule has 0 amide bonds. The van der Waals surface area contributed by atoms with Crippen LogP contribution in [-0.2, 0) is 13.0 Å². The molecule has 3 rings (SSSR count). The molecule has 0 bridgehead atoms. The fourth-order valence-corrected chi connectivity index (χ4v) is 3.04. The van der Waals surface area contributed by atoms with Crippen LogP contribution in [0.25, 0.3) is 0 Å². The van der Waals surface area contributed by atoms with E-state index in [0.29, 0.717) is 6.54 Å². The van der Waals surface area contributed by atoms with Gasteiger partial charge in [-0.15, -0.1) is 5.10 Å². The number of nitrogens with zero attached hydrogens (tertiary/aromatic N) is 3. The molecule has 5 nitrogen and oxygen atoms in total. The summed E-state index contributed by atoms with van der Waals surface area (Å²) in [5.74, 6) is 0.964. The van der Waals surface area contributed by atoms with E-state index in [1.807, 2.05) is 23.0 Å². The Bertz CT molecular complexity index is 628. The zero-order valence-corrected chi connectivity index (χ0v) is 13.6. The predicted molar refractivity (Wildman–Crippen MR) is 84.1 cm³/mol. The summed E-state index contributed by atoms with van der Waals surface area (Å²) in [6, 6.07) is 6.09. The summed E-state index contributed by atoms with van der Waals surface area (Å²) in [5.41, 5.74) is 8.15. The molecule has 1 aromatic heterocycles. The van der Waals surface area contributed by atoms with Crippen LogP contribution in [0.5, 0.6) is 5.75 Å². The van der Waals surface area contributed by atoms with Crippen LogP contribution in [0.4, 0.5) is 0 Å². The maximum Gasteiger partial charge on any atom is 0.123 e. The van der Waals surface area contributed by atoms with Crippen LogP contribution in [0.2, 0.25) is 0 Å². The van der Waals surface area contributed by atoms with Crippen molar-refractivity contribution in [2.45, 2.75) is 44.9 Å². The van der Waals surface area contributed by atoms with Gasteiger partial charge in [-0.05, 0) is 30.2 Å².